The van der Waals surface area contributed by atoms with E-state index in [1.165, 1.54) is 0 Å². The molecule has 0 atom stereocenters. The number of benzene rings is 1. The van der Waals surface area contributed by atoms with E-state index in [4.69, 9.17) is 22.6 Å². The van der Waals surface area contributed by atoms with Gasteiger partial charge in [0.25, 0.3) is 0 Å². The average Bonchev–Trinajstić information content (AvgIpc) is 2.36. The largest absolute Gasteiger partial charge is 0.396 e. The first-order valence-corrected chi connectivity index (χ1v) is 6.16. The minimum Gasteiger partial charge on any atom is -0.396 e. The van der Waals surface area contributed by atoms with Gasteiger partial charge in [-0.2, -0.15) is 5.26 Å². The van der Waals surface area contributed by atoms with Crippen molar-refractivity contribution in [3.63, 3.8) is 0 Å². The molecule has 0 unspecified atom stereocenters. The minimum absolute atomic E-state index is 0.202. The SMILES string of the molecule is N#Cc1nc(Nc2ccc(Cl)c(Br)c2)ccc1N. The van der Waals surface area contributed by atoms with E-state index in [0.29, 0.717) is 16.5 Å². The number of nitrogens with two attached hydrogens (primary N) is 1. The lowest BCUT2D eigenvalue weighted by Gasteiger charge is -2.07. The fraction of sp³-hybridized carbons (Fsp3) is 0. The highest BCUT2D eigenvalue weighted by Gasteiger charge is 2.04. The van der Waals surface area contributed by atoms with Crippen molar-refractivity contribution < 1.29 is 0 Å². The number of hydrogen-bond donors (Lipinski definition) is 2. The van der Waals surface area contributed by atoms with Crippen LogP contribution in [0.25, 0.3) is 0 Å². The van der Waals surface area contributed by atoms with Crippen LogP contribution in [0.1, 0.15) is 5.69 Å². The van der Waals surface area contributed by atoms with Gasteiger partial charge >= 0.3 is 0 Å². The van der Waals surface area contributed by atoms with Gasteiger partial charge in [0.05, 0.1) is 10.7 Å². The predicted molar refractivity (Wildman–Crippen MR) is 75.8 cm³/mol. The molecule has 3 N–H and O–H groups in total. The van der Waals surface area contributed by atoms with E-state index in [2.05, 4.69) is 26.2 Å². The molecule has 6 heteroatoms. The lowest BCUT2D eigenvalue weighted by molar-refractivity contribution is 1.26. The van der Waals surface area contributed by atoms with Crippen LogP contribution in [-0.2, 0) is 0 Å². The van der Waals surface area contributed by atoms with Gasteiger partial charge in [0.15, 0.2) is 5.69 Å². The zero-order chi connectivity index (χ0) is 13.1. The normalized spacial score (nSPS) is 9.83. The number of halogens is 2. The van der Waals surface area contributed by atoms with Gasteiger partial charge < -0.3 is 11.1 Å². The van der Waals surface area contributed by atoms with Crippen molar-refractivity contribution >= 4 is 44.7 Å². The van der Waals surface area contributed by atoms with E-state index in [9.17, 15) is 0 Å². The molecule has 0 spiro atoms. The molecule has 0 aliphatic carbocycles. The van der Waals surface area contributed by atoms with Gasteiger partial charge in [-0.15, -0.1) is 0 Å². The molecular formula is C12H8BrClN4. The van der Waals surface area contributed by atoms with Crippen molar-refractivity contribution in [3.8, 4) is 6.07 Å². The standard InChI is InChI=1S/C12H8BrClN4/c13-8-5-7(1-2-9(8)14)17-12-4-3-10(16)11(6-15)18-12/h1-5H,16H2,(H,17,18). The first-order chi connectivity index (χ1) is 8.60. The number of rotatable bonds is 2. The summed E-state index contributed by atoms with van der Waals surface area (Å²) in [5, 5.41) is 12.5. The third-order valence-corrected chi connectivity index (χ3v) is 3.44. The summed E-state index contributed by atoms with van der Waals surface area (Å²) in [6.07, 6.45) is 0. The van der Waals surface area contributed by atoms with Crippen LogP contribution in [0.5, 0.6) is 0 Å². The highest BCUT2D eigenvalue weighted by Crippen LogP contribution is 2.27. The number of pyridine rings is 1. The quantitative estimate of drug-likeness (QED) is 0.883. The third-order valence-electron chi connectivity index (χ3n) is 2.22. The first kappa shape index (κ1) is 12.7. The lowest BCUT2D eigenvalue weighted by atomic mass is 10.3. The van der Waals surface area contributed by atoms with Gasteiger partial charge in [-0.25, -0.2) is 4.98 Å². The Labute approximate surface area is 118 Å². The molecule has 2 rings (SSSR count). The van der Waals surface area contributed by atoms with Crippen LogP contribution in [0.15, 0.2) is 34.8 Å². The van der Waals surface area contributed by atoms with Gasteiger partial charge in [0, 0.05) is 10.2 Å². The van der Waals surface area contributed by atoms with Gasteiger partial charge in [-0.3, -0.25) is 0 Å². The van der Waals surface area contributed by atoms with Crippen molar-refractivity contribution in [2.45, 2.75) is 0 Å². The van der Waals surface area contributed by atoms with E-state index in [1.807, 2.05) is 18.2 Å². The number of nitrogen functional groups attached to an aromatic ring is 1. The minimum atomic E-state index is 0.202. The van der Waals surface area contributed by atoms with E-state index in [-0.39, 0.29) is 5.69 Å². The Morgan fingerprint density at radius 2 is 2.11 bits per heavy atom. The summed E-state index contributed by atoms with van der Waals surface area (Å²) in [5.74, 6) is 0.551. The monoisotopic (exact) mass is 322 g/mol. The topological polar surface area (TPSA) is 74.7 Å². The van der Waals surface area contributed by atoms with Crippen molar-refractivity contribution in [2.75, 3.05) is 11.1 Å². The summed E-state index contributed by atoms with van der Waals surface area (Å²) in [5.41, 5.74) is 6.98. The highest BCUT2D eigenvalue weighted by molar-refractivity contribution is 9.10. The van der Waals surface area contributed by atoms with Crippen LogP contribution < -0.4 is 11.1 Å². The van der Waals surface area contributed by atoms with Crippen molar-refractivity contribution in [3.05, 3.63) is 45.5 Å². The summed E-state index contributed by atoms with van der Waals surface area (Å²) in [6.45, 7) is 0. The van der Waals surface area contributed by atoms with E-state index in [0.717, 1.165) is 10.2 Å². The van der Waals surface area contributed by atoms with E-state index < -0.39 is 0 Å². The molecule has 1 aromatic carbocycles. The first-order valence-electron chi connectivity index (χ1n) is 4.99. The van der Waals surface area contributed by atoms with Crippen molar-refractivity contribution in [1.29, 1.82) is 5.26 Å². The smallest absolute Gasteiger partial charge is 0.165 e. The Hall–Kier alpha value is -1.77. The molecule has 0 bridgehead atoms. The van der Waals surface area contributed by atoms with Gasteiger partial charge in [0.1, 0.15) is 11.9 Å². The second-order valence-electron chi connectivity index (χ2n) is 3.50. The molecule has 4 nitrogen and oxygen atoms in total. The summed E-state index contributed by atoms with van der Waals surface area (Å²) in [6, 6.07) is 10.7. The molecule has 1 heterocycles. The number of nitrogens with zero attached hydrogens (tertiary/aromatic N) is 2. The average molecular weight is 324 g/mol. The van der Waals surface area contributed by atoms with Gasteiger partial charge in [0.2, 0.25) is 0 Å². The highest BCUT2D eigenvalue weighted by atomic mass is 79.9. The molecule has 0 saturated heterocycles. The Bertz CT molecular complexity index is 636. The second-order valence-corrected chi connectivity index (χ2v) is 4.76. The number of nitriles is 1. The Balaban J connectivity index is 2.29. The molecule has 1 aromatic heterocycles. The van der Waals surface area contributed by atoms with E-state index >= 15 is 0 Å². The molecular weight excluding hydrogens is 316 g/mol. The van der Waals surface area contributed by atoms with Gasteiger partial charge in [-0.05, 0) is 46.3 Å². The fourth-order valence-corrected chi connectivity index (χ4v) is 1.85. The maximum atomic E-state index is 8.84. The maximum absolute atomic E-state index is 8.84. The van der Waals surface area contributed by atoms with Crippen LogP contribution in [0.3, 0.4) is 0 Å². The van der Waals surface area contributed by atoms with Crippen LogP contribution >= 0.6 is 27.5 Å². The summed E-state index contributed by atoms with van der Waals surface area (Å²) in [7, 11) is 0. The molecule has 0 aliphatic rings. The molecule has 0 fully saturated rings. The molecule has 2 aromatic rings. The molecule has 90 valence electrons. The third kappa shape index (κ3) is 2.73. The Morgan fingerprint density at radius 1 is 1.33 bits per heavy atom. The summed E-state index contributed by atoms with van der Waals surface area (Å²) >= 11 is 9.24. The Morgan fingerprint density at radius 3 is 2.78 bits per heavy atom. The van der Waals surface area contributed by atoms with Crippen LogP contribution in [0, 0.1) is 11.3 Å². The number of hydrogen-bond acceptors (Lipinski definition) is 4. The number of nitrogens with one attached hydrogen (secondary N) is 1. The van der Waals surface area contributed by atoms with E-state index in [1.54, 1.807) is 18.2 Å². The summed E-state index contributed by atoms with van der Waals surface area (Å²) in [4.78, 5) is 4.09. The molecule has 0 radical (unpaired) electrons. The molecule has 0 saturated carbocycles. The maximum Gasteiger partial charge on any atom is 0.165 e. The van der Waals surface area contributed by atoms with Crippen molar-refractivity contribution in [2.24, 2.45) is 0 Å². The molecule has 18 heavy (non-hydrogen) atoms. The number of anilines is 3. The summed E-state index contributed by atoms with van der Waals surface area (Å²) < 4.78 is 0.783. The lowest BCUT2D eigenvalue weighted by Crippen LogP contribution is -1.98. The predicted octanol–water partition coefficient (Wildman–Crippen LogP) is 3.69. The van der Waals surface area contributed by atoms with Crippen molar-refractivity contribution in [1.82, 2.24) is 4.98 Å². The second kappa shape index (κ2) is 5.25. The van der Waals surface area contributed by atoms with Crippen LogP contribution in [0.2, 0.25) is 5.02 Å². The number of aromatic nitrogens is 1. The molecule has 0 aliphatic heterocycles. The fourth-order valence-electron chi connectivity index (χ4n) is 1.35. The zero-order valence-electron chi connectivity index (χ0n) is 9.11. The van der Waals surface area contributed by atoms with Gasteiger partial charge in [-0.1, -0.05) is 11.6 Å². The Kier molecular flexibility index (Phi) is 3.70. The zero-order valence-corrected chi connectivity index (χ0v) is 11.5. The molecule has 0 amide bonds. The van der Waals surface area contributed by atoms with Crippen LogP contribution in [-0.4, -0.2) is 4.98 Å². The van der Waals surface area contributed by atoms with Crippen LogP contribution in [0.4, 0.5) is 17.2 Å².